The molecule has 100 valence electrons. The van der Waals surface area contributed by atoms with Crippen molar-refractivity contribution in [3.63, 3.8) is 0 Å². The SMILES string of the molecule is CCCC(NC1=NC(C)CC(C)S1)c1cccs1. The maximum Gasteiger partial charge on any atom is 0.157 e. The molecule has 1 N–H and O–H groups in total. The fourth-order valence-corrected chi connectivity index (χ4v) is 4.31. The maximum absolute atomic E-state index is 4.74. The summed E-state index contributed by atoms with van der Waals surface area (Å²) in [4.78, 5) is 6.16. The topological polar surface area (TPSA) is 24.4 Å². The molecule has 1 aliphatic rings. The van der Waals surface area contributed by atoms with Crippen LogP contribution in [0.4, 0.5) is 0 Å². The van der Waals surface area contributed by atoms with Crippen molar-refractivity contribution in [3.8, 4) is 0 Å². The highest BCUT2D eigenvalue weighted by atomic mass is 32.2. The molecular formula is C14H22N2S2. The largest absolute Gasteiger partial charge is 0.357 e. The van der Waals surface area contributed by atoms with Gasteiger partial charge < -0.3 is 5.32 Å². The predicted molar refractivity (Wildman–Crippen MR) is 83.7 cm³/mol. The van der Waals surface area contributed by atoms with Crippen LogP contribution in [0.25, 0.3) is 0 Å². The lowest BCUT2D eigenvalue weighted by Gasteiger charge is -2.26. The molecule has 3 unspecified atom stereocenters. The first-order chi connectivity index (χ1) is 8.69. The second-order valence-electron chi connectivity index (χ2n) is 4.95. The summed E-state index contributed by atoms with van der Waals surface area (Å²) in [6.07, 6.45) is 3.55. The van der Waals surface area contributed by atoms with Gasteiger partial charge in [0.15, 0.2) is 5.17 Å². The van der Waals surface area contributed by atoms with Crippen LogP contribution >= 0.6 is 23.1 Å². The number of amidine groups is 1. The zero-order valence-corrected chi connectivity index (χ0v) is 13.0. The van der Waals surface area contributed by atoms with E-state index in [-0.39, 0.29) is 0 Å². The zero-order chi connectivity index (χ0) is 13.0. The molecule has 0 saturated heterocycles. The molecule has 0 spiro atoms. The average molecular weight is 282 g/mol. The van der Waals surface area contributed by atoms with E-state index in [2.05, 4.69) is 43.6 Å². The van der Waals surface area contributed by atoms with E-state index in [1.165, 1.54) is 24.1 Å². The van der Waals surface area contributed by atoms with Crippen LogP contribution in [0, 0.1) is 0 Å². The second kappa shape index (κ2) is 6.62. The van der Waals surface area contributed by atoms with Gasteiger partial charge in [0.1, 0.15) is 0 Å². The summed E-state index contributed by atoms with van der Waals surface area (Å²) in [5.74, 6) is 0. The lowest BCUT2D eigenvalue weighted by molar-refractivity contribution is 0.583. The van der Waals surface area contributed by atoms with Gasteiger partial charge in [-0.1, -0.05) is 38.1 Å². The van der Waals surface area contributed by atoms with E-state index in [9.17, 15) is 0 Å². The van der Waals surface area contributed by atoms with Crippen molar-refractivity contribution < 1.29 is 0 Å². The third-order valence-electron chi connectivity index (χ3n) is 3.09. The number of hydrogen-bond donors (Lipinski definition) is 1. The van der Waals surface area contributed by atoms with Gasteiger partial charge in [0.05, 0.1) is 12.1 Å². The minimum Gasteiger partial charge on any atom is -0.357 e. The summed E-state index contributed by atoms with van der Waals surface area (Å²) in [7, 11) is 0. The van der Waals surface area contributed by atoms with E-state index >= 15 is 0 Å². The van der Waals surface area contributed by atoms with E-state index < -0.39 is 0 Å². The first-order valence-corrected chi connectivity index (χ1v) is 8.49. The Kier molecular flexibility index (Phi) is 5.13. The minimum absolute atomic E-state index is 0.429. The smallest absolute Gasteiger partial charge is 0.157 e. The first-order valence-electron chi connectivity index (χ1n) is 6.73. The van der Waals surface area contributed by atoms with Gasteiger partial charge in [-0.25, -0.2) is 0 Å². The van der Waals surface area contributed by atoms with Crippen LogP contribution in [0.1, 0.15) is 51.0 Å². The van der Waals surface area contributed by atoms with Gasteiger partial charge >= 0.3 is 0 Å². The van der Waals surface area contributed by atoms with Crippen molar-refractivity contribution in [1.82, 2.24) is 5.32 Å². The molecule has 0 radical (unpaired) electrons. The van der Waals surface area contributed by atoms with Gasteiger partial charge in [0, 0.05) is 10.1 Å². The number of thiophene rings is 1. The third kappa shape index (κ3) is 3.75. The molecule has 0 bridgehead atoms. The van der Waals surface area contributed by atoms with Crippen molar-refractivity contribution in [2.24, 2.45) is 4.99 Å². The molecule has 0 fully saturated rings. The Labute approximate surface area is 118 Å². The maximum atomic E-state index is 4.74. The van der Waals surface area contributed by atoms with Gasteiger partial charge in [0.2, 0.25) is 0 Å². The van der Waals surface area contributed by atoms with Crippen molar-refractivity contribution in [3.05, 3.63) is 22.4 Å². The van der Waals surface area contributed by atoms with Crippen LogP contribution in [0.3, 0.4) is 0 Å². The number of thioether (sulfide) groups is 1. The molecular weight excluding hydrogens is 260 g/mol. The summed E-state index contributed by atoms with van der Waals surface area (Å²) in [5, 5.41) is 7.60. The van der Waals surface area contributed by atoms with Gasteiger partial charge in [0.25, 0.3) is 0 Å². The number of hydrogen-bond acceptors (Lipinski definition) is 4. The molecule has 0 aromatic carbocycles. The summed E-state index contributed by atoms with van der Waals surface area (Å²) < 4.78 is 0. The average Bonchev–Trinajstić information content (AvgIpc) is 2.80. The van der Waals surface area contributed by atoms with E-state index in [0.717, 1.165) is 5.17 Å². The fourth-order valence-electron chi connectivity index (χ4n) is 2.29. The Balaban J connectivity index is 2.05. The molecule has 2 nitrogen and oxygen atoms in total. The molecule has 4 heteroatoms. The van der Waals surface area contributed by atoms with Crippen molar-refractivity contribution in [1.29, 1.82) is 0 Å². The van der Waals surface area contributed by atoms with Crippen LogP contribution in [0.15, 0.2) is 22.5 Å². The Morgan fingerprint density at radius 2 is 2.33 bits per heavy atom. The molecule has 2 heterocycles. The normalized spacial score (nSPS) is 25.6. The Bertz CT molecular complexity index is 387. The fraction of sp³-hybridized carbons (Fsp3) is 0.643. The van der Waals surface area contributed by atoms with E-state index in [1.807, 2.05) is 23.1 Å². The van der Waals surface area contributed by atoms with Gasteiger partial charge in [-0.2, -0.15) is 0 Å². The molecule has 1 aromatic rings. The summed E-state index contributed by atoms with van der Waals surface area (Å²) in [6, 6.07) is 5.23. The first kappa shape index (κ1) is 13.9. The molecule has 2 rings (SSSR count). The van der Waals surface area contributed by atoms with Crippen LogP contribution in [0.5, 0.6) is 0 Å². The molecule has 1 aliphatic heterocycles. The molecule has 0 aliphatic carbocycles. The van der Waals surface area contributed by atoms with Gasteiger partial charge in [-0.05, 0) is 31.2 Å². The highest BCUT2D eigenvalue weighted by Gasteiger charge is 2.21. The van der Waals surface area contributed by atoms with Gasteiger partial charge in [-0.3, -0.25) is 4.99 Å². The predicted octanol–water partition coefficient (Wildman–Crippen LogP) is 4.45. The quantitative estimate of drug-likeness (QED) is 0.882. The summed E-state index contributed by atoms with van der Waals surface area (Å²) >= 11 is 3.72. The zero-order valence-electron chi connectivity index (χ0n) is 11.3. The summed E-state index contributed by atoms with van der Waals surface area (Å²) in [5.41, 5.74) is 0. The Morgan fingerprint density at radius 1 is 1.50 bits per heavy atom. The highest BCUT2D eigenvalue weighted by Crippen LogP contribution is 2.28. The van der Waals surface area contributed by atoms with Crippen molar-refractivity contribution >= 4 is 28.3 Å². The molecule has 1 aromatic heterocycles. The molecule has 0 saturated carbocycles. The van der Waals surface area contributed by atoms with E-state index in [1.54, 1.807) is 0 Å². The number of rotatable bonds is 4. The van der Waals surface area contributed by atoms with Crippen LogP contribution in [0.2, 0.25) is 0 Å². The number of aliphatic imine (C=N–C) groups is 1. The van der Waals surface area contributed by atoms with E-state index in [0.29, 0.717) is 17.3 Å². The molecule has 18 heavy (non-hydrogen) atoms. The number of nitrogens with zero attached hydrogens (tertiary/aromatic N) is 1. The number of nitrogens with one attached hydrogen (secondary N) is 1. The molecule has 0 amide bonds. The van der Waals surface area contributed by atoms with E-state index in [4.69, 9.17) is 4.99 Å². The van der Waals surface area contributed by atoms with Crippen LogP contribution < -0.4 is 5.32 Å². The summed E-state index contributed by atoms with van der Waals surface area (Å²) in [6.45, 7) is 6.73. The third-order valence-corrected chi connectivity index (χ3v) is 5.11. The van der Waals surface area contributed by atoms with Gasteiger partial charge in [-0.15, -0.1) is 11.3 Å². The lowest BCUT2D eigenvalue weighted by atomic mass is 10.1. The van der Waals surface area contributed by atoms with Crippen LogP contribution in [-0.2, 0) is 0 Å². The second-order valence-corrected chi connectivity index (χ2v) is 7.35. The Morgan fingerprint density at radius 3 is 2.94 bits per heavy atom. The van der Waals surface area contributed by atoms with Crippen LogP contribution in [-0.4, -0.2) is 16.5 Å². The monoisotopic (exact) mass is 282 g/mol. The molecule has 3 atom stereocenters. The standard InChI is InChI=1S/C14H22N2S2/c1-4-6-12(13-7-5-8-17-13)16-14-15-10(2)9-11(3)18-14/h5,7-8,10-12H,4,6,9H2,1-3H3,(H,15,16). The van der Waals surface area contributed by atoms with Crippen molar-refractivity contribution in [2.45, 2.75) is 57.4 Å². The highest BCUT2D eigenvalue weighted by molar-refractivity contribution is 8.14. The van der Waals surface area contributed by atoms with Crippen molar-refractivity contribution in [2.75, 3.05) is 0 Å². The minimum atomic E-state index is 0.429. The Hall–Kier alpha value is -0.480. The lowest BCUT2D eigenvalue weighted by Crippen LogP contribution is -2.31.